The van der Waals surface area contributed by atoms with Crippen molar-refractivity contribution in [1.29, 1.82) is 0 Å². The lowest BCUT2D eigenvalue weighted by molar-refractivity contribution is -0.128. The Morgan fingerprint density at radius 1 is 0.889 bits per heavy atom. The molecule has 1 aromatic heterocycles. The Labute approximate surface area is 153 Å². The third kappa shape index (κ3) is 4.60. The number of carbonyl (C=O) groups is 1. The molecule has 0 aliphatic rings. The number of carbonyl (C=O) groups excluding carboxylic acids is 1. The number of ether oxygens (including phenoxy) is 2. The molecule has 3 aromatic rings. The van der Waals surface area contributed by atoms with Crippen LogP contribution in [0, 0.1) is 0 Å². The summed E-state index contributed by atoms with van der Waals surface area (Å²) >= 11 is 0. The van der Waals surface area contributed by atoms with Crippen molar-refractivity contribution in [1.82, 2.24) is 9.97 Å². The zero-order valence-electron chi connectivity index (χ0n) is 14.4. The highest BCUT2D eigenvalue weighted by molar-refractivity contribution is 5.92. The van der Waals surface area contributed by atoms with Gasteiger partial charge in [-0.25, -0.2) is 9.59 Å². The van der Waals surface area contributed by atoms with Crippen LogP contribution in [0.5, 0.6) is 17.4 Å². The van der Waals surface area contributed by atoms with Gasteiger partial charge in [0.2, 0.25) is 5.88 Å². The van der Waals surface area contributed by atoms with Gasteiger partial charge in [0, 0.05) is 6.08 Å². The minimum absolute atomic E-state index is 0.0310. The van der Waals surface area contributed by atoms with Gasteiger partial charge in [0.05, 0.1) is 0 Å². The molecule has 0 spiro atoms. The second kappa shape index (κ2) is 8.01. The van der Waals surface area contributed by atoms with Crippen molar-refractivity contribution in [3.63, 3.8) is 0 Å². The van der Waals surface area contributed by atoms with Crippen molar-refractivity contribution < 1.29 is 14.3 Å². The molecule has 0 aliphatic heterocycles. The van der Waals surface area contributed by atoms with E-state index in [1.807, 2.05) is 0 Å². The smallest absolute Gasteiger partial charge is 0.336 e. The summed E-state index contributed by atoms with van der Waals surface area (Å²) < 4.78 is 10.8. The van der Waals surface area contributed by atoms with Crippen molar-refractivity contribution in [3.05, 3.63) is 93.1 Å². The topological polar surface area (TPSA) is 101 Å². The van der Waals surface area contributed by atoms with Crippen molar-refractivity contribution in [2.75, 3.05) is 0 Å². The van der Waals surface area contributed by atoms with Gasteiger partial charge in [-0.2, -0.15) is 0 Å². The highest BCUT2D eigenvalue weighted by Crippen LogP contribution is 2.24. The Kier molecular flexibility index (Phi) is 5.32. The van der Waals surface area contributed by atoms with Gasteiger partial charge in [0.15, 0.2) is 0 Å². The van der Waals surface area contributed by atoms with E-state index >= 15 is 0 Å². The van der Waals surface area contributed by atoms with Crippen LogP contribution in [0.4, 0.5) is 0 Å². The Balaban J connectivity index is 1.93. The molecule has 2 N–H and O–H groups in total. The molecule has 1 heterocycles. The first-order valence-corrected chi connectivity index (χ1v) is 8.08. The number of esters is 1. The fraction of sp³-hybridized carbons (Fsp3) is 0.0500. The van der Waals surface area contributed by atoms with Crippen LogP contribution in [0.25, 0.3) is 5.57 Å². The number of aromatic nitrogens is 2. The molecule has 0 aliphatic carbocycles. The maximum absolute atomic E-state index is 12.3. The zero-order chi connectivity index (χ0) is 19.2. The van der Waals surface area contributed by atoms with Gasteiger partial charge < -0.3 is 9.47 Å². The highest BCUT2D eigenvalue weighted by atomic mass is 16.5. The predicted octanol–water partition coefficient (Wildman–Crippen LogP) is 2.86. The average Bonchev–Trinajstić information content (AvgIpc) is 2.62. The number of hydrogen-bond donors (Lipinski definition) is 2. The first kappa shape index (κ1) is 17.9. The molecule has 136 valence electrons. The summed E-state index contributed by atoms with van der Waals surface area (Å²) in [6.45, 7) is 1.55. The van der Waals surface area contributed by atoms with Gasteiger partial charge in [-0.15, -0.1) is 0 Å². The van der Waals surface area contributed by atoms with Crippen LogP contribution in [-0.4, -0.2) is 15.9 Å². The maximum Gasteiger partial charge on any atom is 0.336 e. The summed E-state index contributed by atoms with van der Waals surface area (Å²) in [6.07, 6.45) is 1.16. The first-order valence-electron chi connectivity index (χ1n) is 8.08. The monoisotopic (exact) mass is 364 g/mol. The molecule has 0 saturated heterocycles. The molecule has 0 saturated carbocycles. The van der Waals surface area contributed by atoms with E-state index in [9.17, 15) is 14.4 Å². The Morgan fingerprint density at radius 2 is 1.48 bits per heavy atom. The summed E-state index contributed by atoms with van der Waals surface area (Å²) in [6, 6.07) is 17.2. The van der Waals surface area contributed by atoms with Crippen molar-refractivity contribution in [2.45, 2.75) is 6.92 Å². The lowest BCUT2D eigenvalue weighted by Crippen LogP contribution is -2.25. The van der Waals surface area contributed by atoms with Gasteiger partial charge in [-0.1, -0.05) is 36.4 Å². The van der Waals surface area contributed by atoms with Crippen molar-refractivity contribution in [3.8, 4) is 17.4 Å². The van der Waals surface area contributed by atoms with Crippen LogP contribution in [0.15, 0.2) is 76.3 Å². The number of para-hydroxylation sites is 2. The Bertz CT molecular complexity index is 1080. The molecular formula is C20H16N2O5. The summed E-state index contributed by atoms with van der Waals surface area (Å²) in [7, 11) is 0. The van der Waals surface area contributed by atoms with Crippen LogP contribution in [0.3, 0.4) is 0 Å². The summed E-state index contributed by atoms with van der Waals surface area (Å²) in [5, 5.41) is 0. The quantitative estimate of drug-likeness (QED) is 0.412. The van der Waals surface area contributed by atoms with E-state index in [1.54, 1.807) is 67.6 Å². The number of H-pyrrole nitrogens is 2. The van der Waals surface area contributed by atoms with E-state index < -0.39 is 17.2 Å². The number of nitrogens with one attached hydrogen (secondary N) is 2. The van der Waals surface area contributed by atoms with Gasteiger partial charge in [0.25, 0.3) is 5.56 Å². The number of rotatable bonds is 5. The van der Waals surface area contributed by atoms with Crippen LogP contribution >= 0.6 is 0 Å². The van der Waals surface area contributed by atoms with Gasteiger partial charge in [0.1, 0.15) is 17.1 Å². The standard InChI is InChI=1S/C20H16N2O5/c1-13(12-16(23)26-14-8-4-2-5-9-14)17-18(24)21-20(25)22-19(17)27-15-10-6-3-7-11-15/h2-12H,1H3,(H2,21,22,24,25)/b13-12+. The predicted molar refractivity (Wildman–Crippen MR) is 99.9 cm³/mol. The molecule has 2 aromatic carbocycles. The molecule has 0 atom stereocenters. The molecule has 0 bridgehead atoms. The number of hydrogen-bond acceptors (Lipinski definition) is 5. The van der Waals surface area contributed by atoms with Gasteiger partial charge >= 0.3 is 11.7 Å². The fourth-order valence-corrected chi connectivity index (χ4v) is 2.39. The minimum atomic E-state index is -0.714. The van der Waals surface area contributed by atoms with Gasteiger partial charge in [-0.3, -0.25) is 14.8 Å². The zero-order valence-corrected chi connectivity index (χ0v) is 14.4. The second-order valence-corrected chi connectivity index (χ2v) is 5.59. The molecule has 0 radical (unpaired) electrons. The fourth-order valence-electron chi connectivity index (χ4n) is 2.39. The molecular weight excluding hydrogens is 348 g/mol. The highest BCUT2D eigenvalue weighted by Gasteiger charge is 2.15. The summed E-state index contributed by atoms with van der Waals surface area (Å²) in [5.41, 5.74) is -1.08. The van der Waals surface area contributed by atoms with E-state index in [2.05, 4.69) is 9.97 Å². The minimum Gasteiger partial charge on any atom is -0.440 e. The van der Waals surface area contributed by atoms with Crippen LogP contribution in [0.1, 0.15) is 12.5 Å². The summed E-state index contributed by atoms with van der Waals surface area (Å²) in [4.78, 5) is 40.6. The van der Waals surface area contributed by atoms with Crippen LogP contribution in [-0.2, 0) is 4.79 Å². The van der Waals surface area contributed by atoms with Crippen LogP contribution < -0.4 is 20.7 Å². The molecule has 0 fully saturated rings. The van der Waals surface area contributed by atoms with Gasteiger partial charge in [-0.05, 0) is 36.8 Å². The largest absolute Gasteiger partial charge is 0.440 e. The number of aromatic amines is 2. The molecule has 0 unspecified atom stereocenters. The summed E-state index contributed by atoms with van der Waals surface area (Å²) in [5.74, 6) is 0.0912. The molecule has 7 heteroatoms. The molecule has 7 nitrogen and oxygen atoms in total. The lowest BCUT2D eigenvalue weighted by Gasteiger charge is -2.10. The SMILES string of the molecule is C/C(=C\C(=O)Oc1ccccc1)c1c(Oc2ccccc2)[nH]c(=O)[nH]c1=O. The Hall–Kier alpha value is -3.87. The van der Waals surface area contributed by atoms with Crippen LogP contribution in [0.2, 0.25) is 0 Å². The molecule has 27 heavy (non-hydrogen) atoms. The second-order valence-electron chi connectivity index (χ2n) is 5.59. The maximum atomic E-state index is 12.3. The number of benzene rings is 2. The lowest BCUT2D eigenvalue weighted by atomic mass is 10.1. The first-order chi connectivity index (χ1) is 13.0. The third-order valence-corrected chi connectivity index (χ3v) is 3.56. The third-order valence-electron chi connectivity index (χ3n) is 3.56. The Morgan fingerprint density at radius 3 is 2.11 bits per heavy atom. The van der Waals surface area contributed by atoms with Crippen molar-refractivity contribution >= 4 is 11.5 Å². The van der Waals surface area contributed by atoms with E-state index in [4.69, 9.17) is 9.47 Å². The van der Waals surface area contributed by atoms with E-state index in [-0.39, 0.29) is 17.0 Å². The number of allylic oxidation sites excluding steroid dienone is 1. The molecule has 0 amide bonds. The average molecular weight is 364 g/mol. The van der Waals surface area contributed by atoms with E-state index in [0.29, 0.717) is 11.5 Å². The normalized spacial score (nSPS) is 11.1. The van der Waals surface area contributed by atoms with E-state index in [0.717, 1.165) is 6.08 Å². The van der Waals surface area contributed by atoms with Crippen molar-refractivity contribution in [2.24, 2.45) is 0 Å². The van der Waals surface area contributed by atoms with E-state index in [1.165, 1.54) is 0 Å². The molecule has 3 rings (SSSR count).